The van der Waals surface area contributed by atoms with Gasteiger partial charge >= 0.3 is 6.03 Å². The number of likely N-dealkylation sites (tertiary alicyclic amines) is 1. The van der Waals surface area contributed by atoms with Crippen LogP contribution in [0.1, 0.15) is 19.3 Å². The molecule has 1 heterocycles. The highest BCUT2D eigenvalue weighted by Gasteiger charge is 2.23. The average molecular weight is 342 g/mol. The van der Waals surface area contributed by atoms with Crippen LogP contribution in [0.5, 0.6) is 5.75 Å². The van der Waals surface area contributed by atoms with E-state index in [1.165, 1.54) is 6.07 Å². The Labute approximate surface area is 147 Å². The molecule has 1 aliphatic rings. The van der Waals surface area contributed by atoms with E-state index >= 15 is 0 Å². The van der Waals surface area contributed by atoms with Crippen LogP contribution in [0.2, 0.25) is 0 Å². The molecule has 5 heteroatoms. The van der Waals surface area contributed by atoms with Crippen LogP contribution in [0.25, 0.3) is 0 Å². The Hall–Kier alpha value is -2.56. The number of nitrogens with one attached hydrogen (secondary N) is 1. The number of carbonyl (C=O) groups is 1. The van der Waals surface area contributed by atoms with Gasteiger partial charge in [0, 0.05) is 13.1 Å². The fraction of sp³-hybridized carbons (Fsp3) is 0.350. The standard InChI is InChI=1S/C20H23FN2O2/c21-18-8-4-5-9-19(18)22-20(24)23-13-10-16(11-14-23)12-15-25-17-6-2-1-3-7-17/h1-9,16H,10-15H2,(H,22,24). The second-order valence-corrected chi connectivity index (χ2v) is 6.29. The lowest BCUT2D eigenvalue weighted by molar-refractivity contribution is 0.170. The molecule has 4 nitrogen and oxygen atoms in total. The van der Waals surface area contributed by atoms with Crippen molar-refractivity contribution >= 4 is 11.7 Å². The van der Waals surface area contributed by atoms with Crippen LogP contribution < -0.4 is 10.1 Å². The molecular weight excluding hydrogens is 319 g/mol. The van der Waals surface area contributed by atoms with Crippen LogP contribution >= 0.6 is 0 Å². The zero-order chi connectivity index (χ0) is 17.5. The molecule has 0 unspecified atom stereocenters. The van der Waals surface area contributed by atoms with Gasteiger partial charge in [0.05, 0.1) is 12.3 Å². The zero-order valence-electron chi connectivity index (χ0n) is 14.2. The number of piperidine rings is 1. The third kappa shape index (κ3) is 4.95. The number of urea groups is 1. The van der Waals surface area contributed by atoms with Gasteiger partial charge < -0.3 is 15.0 Å². The zero-order valence-corrected chi connectivity index (χ0v) is 14.2. The van der Waals surface area contributed by atoms with Crippen molar-refractivity contribution in [3.8, 4) is 5.75 Å². The third-order valence-corrected chi connectivity index (χ3v) is 4.56. The van der Waals surface area contributed by atoms with Crippen LogP contribution in [-0.4, -0.2) is 30.6 Å². The maximum absolute atomic E-state index is 13.6. The van der Waals surface area contributed by atoms with E-state index in [1.807, 2.05) is 30.3 Å². The summed E-state index contributed by atoms with van der Waals surface area (Å²) < 4.78 is 19.4. The molecule has 0 aromatic heterocycles. The number of para-hydroxylation sites is 2. The van der Waals surface area contributed by atoms with Gasteiger partial charge in [-0.1, -0.05) is 30.3 Å². The molecule has 0 atom stereocenters. The molecule has 1 saturated heterocycles. The van der Waals surface area contributed by atoms with Crippen LogP contribution in [0.3, 0.4) is 0 Å². The number of amides is 2. The first-order valence-electron chi connectivity index (χ1n) is 8.70. The molecule has 2 aromatic rings. The number of anilines is 1. The Morgan fingerprint density at radius 2 is 1.76 bits per heavy atom. The summed E-state index contributed by atoms with van der Waals surface area (Å²) in [6.45, 7) is 2.07. The predicted octanol–water partition coefficient (Wildman–Crippen LogP) is 4.54. The molecule has 0 radical (unpaired) electrons. The van der Waals surface area contributed by atoms with Crippen LogP contribution in [0.15, 0.2) is 54.6 Å². The molecule has 2 aromatic carbocycles. The van der Waals surface area contributed by atoms with E-state index < -0.39 is 5.82 Å². The van der Waals surface area contributed by atoms with Crippen molar-refractivity contribution in [2.75, 3.05) is 25.0 Å². The van der Waals surface area contributed by atoms with Crippen LogP contribution in [0, 0.1) is 11.7 Å². The maximum Gasteiger partial charge on any atom is 0.321 e. The van der Waals surface area contributed by atoms with Gasteiger partial charge in [-0.05, 0) is 49.4 Å². The van der Waals surface area contributed by atoms with Crippen LogP contribution in [0.4, 0.5) is 14.9 Å². The number of ether oxygens (including phenoxy) is 1. The van der Waals surface area contributed by atoms with Crippen LogP contribution in [-0.2, 0) is 0 Å². The van der Waals surface area contributed by atoms with E-state index in [9.17, 15) is 9.18 Å². The second-order valence-electron chi connectivity index (χ2n) is 6.29. The van der Waals surface area contributed by atoms with E-state index in [0.29, 0.717) is 25.6 Å². The summed E-state index contributed by atoms with van der Waals surface area (Å²) in [5.41, 5.74) is 0.228. The summed E-state index contributed by atoms with van der Waals surface area (Å²) >= 11 is 0. The van der Waals surface area contributed by atoms with E-state index in [0.717, 1.165) is 25.0 Å². The number of hydrogen-bond acceptors (Lipinski definition) is 2. The summed E-state index contributed by atoms with van der Waals surface area (Å²) in [4.78, 5) is 14.0. The molecule has 0 aliphatic carbocycles. The second kappa shape index (κ2) is 8.51. The predicted molar refractivity (Wildman–Crippen MR) is 96.3 cm³/mol. The topological polar surface area (TPSA) is 41.6 Å². The smallest absolute Gasteiger partial charge is 0.321 e. The quantitative estimate of drug-likeness (QED) is 0.867. The van der Waals surface area contributed by atoms with Crippen molar-refractivity contribution in [2.24, 2.45) is 5.92 Å². The minimum absolute atomic E-state index is 0.228. The first-order chi connectivity index (χ1) is 12.2. The third-order valence-electron chi connectivity index (χ3n) is 4.56. The van der Waals surface area contributed by atoms with E-state index in [-0.39, 0.29) is 11.7 Å². The van der Waals surface area contributed by atoms with Crippen molar-refractivity contribution in [1.29, 1.82) is 0 Å². The lowest BCUT2D eigenvalue weighted by Crippen LogP contribution is -2.41. The van der Waals surface area contributed by atoms with Gasteiger partial charge in [0.1, 0.15) is 11.6 Å². The fourth-order valence-corrected chi connectivity index (χ4v) is 3.04. The van der Waals surface area contributed by atoms with Gasteiger partial charge in [-0.3, -0.25) is 0 Å². The number of halogens is 1. The van der Waals surface area contributed by atoms with E-state index in [4.69, 9.17) is 4.74 Å². The summed E-state index contributed by atoms with van der Waals surface area (Å²) in [7, 11) is 0. The van der Waals surface area contributed by atoms with Gasteiger partial charge in [0.2, 0.25) is 0 Å². The van der Waals surface area contributed by atoms with Crippen molar-refractivity contribution < 1.29 is 13.9 Å². The van der Waals surface area contributed by atoms with Crippen molar-refractivity contribution in [3.63, 3.8) is 0 Å². The summed E-state index contributed by atoms with van der Waals surface area (Å²) in [6, 6.07) is 15.8. The van der Waals surface area contributed by atoms with Gasteiger partial charge in [-0.15, -0.1) is 0 Å². The number of hydrogen-bond donors (Lipinski definition) is 1. The molecule has 132 valence electrons. The largest absolute Gasteiger partial charge is 0.494 e. The molecular formula is C20H23FN2O2. The lowest BCUT2D eigenvalue weighted by Gasteiger charge is -2.32. The van der Waals surface area contributed by atoms with Crippen molar-refractivity contribution in [2.45, 2.75) is 19.3 Å². The van der Waals surface area contributed by atoms with Crippen molar-refractivity contribution in [3.05, 3.63) is 60.4 Å². The molecule has 0 saturated carbocycles. The van der Waals surface area contributed by atoms with Gasteiger partial charge in [-0.25, -0.2) is 9.18 Å². The molecule has 0 spiro atoms. The monoisotopic (exact) mass is 342 g/mol. The highest BCUT2D eigenvalue weighted by atomic mass is 19.1. The molecule has 25 heavy (non-hydrogen) atoms. The molecule has 2 amide bonds. The first kappa shape index (κ1) is 17.3. The minimum atomic E-state index is -0.413. The molecule has 1 fully saturated rings. The maximum atomic E-state index is 13.6. The molecule has 1 N–H and O–H groups in total. The van der Waals surface area contributed by atoms with E-state index in [2.05, 4.69) is 5.32 Å². The molecule has 0 bridgehead atoms. The lowest BCUT2D eigenvalue weighted by atomic mass is 9.94. The number of nitrogens with zero attached hydrogens (tertiary/aromatic N) is 1. The number of benzene rings is 2. The molecule has 3 rings (SSSR count). The van der Waals surface area contributed by atoms with Crippen molar-refractivity contribution in [1.82, 2.24) is 4.90 Å². The Balaban J connectivity index is 1.39. The minimum Gasteiger partial charge on any atom is -0.494 e. The Bertz CT molecular complexity index is 685. The fourth-order valence-electron chi connectivity index (χ4n) is 3.04. The normalized spacial score (nSPS) is 15.0. The van der Waals surface area contributed by atoms with Gasteiger partial charge in [0.25, 0.3) is 0 Å². The highest BCUT2D eigenvalue weighted by molar-refractivity contribution is 5.89. The number of rotatable bonds is 5. The van der Waals surface area contributed by atoms with E-state index in [1.54, 1.807) is 23.1 Å². The average Bonchev–Trinajstić information content (AvgIpc) is 2.65. The summed E-state index contributed by atoms with van der Waals surface area (Å²) in [6.07, 6.45) is 2.88. The Morgan fingerprint density at radius 1 is 1.08 bits per heavy atom. The number of carbonyl (C=O) groups excluding carboxylic acids is 1. The van der Waals surface area contributed by atoms with Gasteiger partial charge in [0.15, 0.2) is 0 Å². The SMILES string of the molecule is O=C(Nc1ccccc1F)N1CCC(CCOc2ccccc2)CC1. The molecule has 1 aliphatic heterocycles. The Kier molecular flexibility index (Phi) is 5.88. The van der Waals surface area contributed by atoms with Gasteiger partial charge in [-0.2, -0.15) is 0 Å². The Morgan fingerprint density at radius 3 is 2.48 bits per heavy atom. The summed E-state index contributed by atoms with van der Waals surface area (Å²) in [5, 5.41) is 2.65. The summed E-state index contributed by atoms with van der Waals surface area (Å²) in [5.74, 6) is 1.04. The highest BCUT2D eigenvalue weighted by Crippen LogP contribution is 2.22. The first-order valence-corrected chi connectivity index (χ1v) is 8.70.